The SMILES string of the molecule is CC.CS(=O)(=O)N1CCC(=O)c2ccccc2C1. The number of hydrogen-bond donors (Lipinski definition) is 0. The van der Waals surface area contributed by atoms with Crippen molar-refractivity contribution in [3.05, 3.63) is 35.4 Å². The molecule has 0 bridgehead atoms. The first kappa shape index (κ1) is 14.9. The van der Waals surface area contributed by atoms with E-state index in [1.54, 1.807) is 18.2 Å². The first-order valence-corrected chi connectivity index (χ1v) is 7.89. The Morgan fingerprint density at radius 2 is 1.78 bits per heavy atom. The van der Waals surface area contributed by atoms with Gasteiger partial charge in [0.25, 0.3) is 0 Å². The Labute approximate surface area is 109 Å². The molecule has 0 amide bonds. The zero-order chi connectivity index (χ0) is 13.8. The van der Waals surface area contributed by atoms with Crippen molar-refractivity contribution < 1.29 is 13.2 Å². The summed E-state index contributed by atoms with van der Waals surface area (Å²) in [5, 5.41) is 0. The molecule has 0 aromatic heterocycles. The molecule has 100 valence electrons. The fourth-order valence-corrected chi connectivity index (χ4v) is 2.64. The van der Waals surface area contributed by atoms with Crippen molar-refractivity contribution in [1.82, 2.24) is 4.31 Å². The highest BCUT2D eigenvalue weighted by atomic mass is 32.2. The molecule has 0 unspecified atom stereocenters. The quantitative estimate of drug-likeness (QED) is 0.784. The predicted octanol–water partition coefficient (Wildman–Crippen LogP) is 2.06. The van der Waals surface area contributed by atoms with E-state index in [9.17, 15) is 13.2 Å². The van der Waals surface area contributed by atoms with E-state index in [0.717, 1.165) is 5.56 Å². The fraction of sp³-hybridized carbons (Fsp3) is 0.462. The van der Waals surface area contributed by atoms with E-state index < -0.39 is 10.0 Å². The number of rotatable bonds is 1. The summed E-state index contributed by atoms with van der Waals surface area (Å²) in [6, 6.07) is 7.17. The summed E-state index contributed by atoms with van der Waals surface area (Å²) in [7, 11) is -3.23. The lowest BCUT2D eigenvalue weighted by molar-refractivity contribution is 0.0981. The molecule has 0 saturated heterocycles. The molecule has 0 radical (unpaired) electrons. The van der Waals surface area contributed by atoms with E-state index in [1.165, 1.54) is 10.6 Å². The van der Waals surface area contributed by atoms with Crippen LogP contribution in [0, 0.1) is 0 Å². The molecule has 2 rings (SSSR count). The summed E-state index contributed by atoms with van der Waals surface area (Å²) in [5.74, 6) is 0.0155. The number of sulfonamides is 1. The lowest BCUT2D eigenvalue weighted by Gasteiger charge is -2.16. The smallest absolute Gasteiger partial charge is 0.211 e. The Morgan fingerprint density at radius 1 is 1.17 bits per heavy atom. The van der Waals surface area contributed by atoms with Gasteiger partial charge in [0.15, 0.2) is 5.78 Å². The number of hydrogen-bond acceptors (Lipinski definition) is 3. The van der Waals surface area contributed by atoms with E-state index >= 15 is 0 Å². The van der Waals surface area contributed by atoms with Gasteiger partial charge in [-0.25, -0.2) is 8.42 Å². The summed E-state index contributed by atoms with van der Waals surface area (Å²) in [5.41, 5.74) is 1.43. The molecule has 0 fully saturated rings. The van der Waals surface area contributed by atoms with E-state index in [0.29, 0.717) is 12.1 Å². The third kappa shape index (κ3) is 3.40. The van der Waals surface area contributed by atoms with Gasteiger partial charge in [0, 0.05) is 25.1 Å². The van der Waals surface area contributed by atoms with Crippen LogP contribution in [0.5, 0.6) is 0 Å². The Morgan fingerprint density at radius 3 is 2.39 bits per heavy atom. The maximum atomic E-state index is 11.8. The fourth-order valence-electron chi connectivity index (χ4n) is 1.84. The van der Waals surface area contributed by atoms with Crippen molar-refractivity contribution in [3.8, 4) is 0 Å². The van der Waals surface area contributed by atoms with Crippen molar-refractivity contribution in [1.29, 1.82) is 0 Å². The Hall–Kier alpha value is -1.20. The minimum absolute atomic E-state index is 0.0155. The van der Waals surface area contributed by atoms with Crippen LogP contribution in [0.15, 0.2) is 24.3 Å². The Balaban J connectivity index is 0.000000771. The topological polar surface area (TPSA) is 54.5 Å². The Kier molecular flexibility index (Phi) is 5.04. The van der Waals surface area contributed by atoms with Gasteiger partial charge in [-0.15, -0.1) is 0 Å². The molecular weight excluding hydrogens is 250 g/mol. The molecule has 0 aliphatic carbocycles. The van der Waals surface area contributed by atoms with Gasteiger partial charge in [0.05, 0.1) is 6.26 Å². The molecule has 18 heavy (non-hydrogen) atoms. The number of fused-ring (bicyclic) bond motifs is 1. The zero-order valence-corrected chi connectivity index (χ0v) is 11.8. The molecule has 1 aromatic rings. The average Bonchev–Trinajstić information content (AvgIpc) is 2.52. The van der Waals surface area contributed by atoms with Gasteiger partial charge in [-0.2, -0.15) is 4.31 Å². The van der Waals surface area contributed by atoms with Crippen LogP contribution >= 0.6 is 0 Å². The number of nitrogens with zero attached hydrogens (tertiary/aromatic N) is 1. The maximum Gasteiger partial charge on any atom is 0.211 e. The van der Waals surface area contributed by atoms with E-state index in [2.05, 4.69) is 0 Å². The number of carbonyl (C=O) groups is 1. The van der Waals surface area contributed by atoms with Crippen LogP contribution in [0.25, 0.3) is 0 Å². The highest BCUT2D eigenvalue weighted by molar-refractivity contribution is 7.88. The zero-order valence-electron chi connectivity index (χ0n) is 11.0. The standard InChI is InChI=1S/C11H13NO3S.C2H6/c1-16(14,15)12-7-6-11(13)10-5-3-2-4-9(10)8-12;1-2/h2-5H,6-8H2,1H3;1-2H3. The molecule has 0 saturated carbocycles. The van der Waals surface area contributed by atoms with E-state index in [-0.39, 0.29) is 18.7 Å². The number of Topliss-reactive ketones (excluding diaryl/α,β-unsaturated/α-hetero) is 1. The largest absolute Gasteiger partial charge is 0.294 e. The van der Waals surface area contributed by atoms with Gasteiger partial charge in [0.2, 0.25) is 10.0 Å². The minimum Gasteiger partial charge on any atom is -0.294 e. The van der Waals surface area contributed by atoms with Gasteiger partial charge >= 0.3 is 0 Å². The van der Waals surface area contributed by atoms with Crippen LogP contribution < -0.4 is 0 Å². The molecule has 1 aliphatic heterocycles. The highest BCUT2D eigenvalue weighted by Gasteiger charge is 2.24. The lowest BCUT2D eigenvalue weighted by atomic mass is 10.0. The summed E-state index contributed by atoms with van der Waals surface area (Å²) in [6.45, 7) is 4.56. The molecule has 1 heterocycles. The average molecular weight is 269 g/mol. The molecular formula is C13H19NO3S. The summed E-state index contributed by atoms with van der Waals surface area (Å²) in [4.78, 5) is 11.8. The summed E-state index contributed by atoms with van der Waals surface area (Å²) < 4.78 is 24.3. The highest BCUT2D eigenvalue weighted by Crippen LogP contribution is 2.19. The normalized spacial score (nSPS) is 16.3. The third-order valence-electron chi connectivity index (χ3n) is 2.72. The second kappa shape index (κ2) is 6.11. The summed E-state index contributed by atoms with van der Waals surface area (Å²) in [6.07, 6.45) is 1.43. The van der Waals surface area contributed by atoms with E-state index in [1.807, 2.05) is 19.9 Å². The molecule has 5 heteroatoms. The Bertz CT molecular complexity index is 523. The maximum absolute atomic E-state index is 11.8. The summed E-state index contributed by atoms with van der Waals surface area (Å²) >= 11 is 0. The van der Waals surface area contributed by atoms with Crippen molar-refractivity contribution in [2.24, 2.45) is 0 Å². The second-order valence-corrected chi connectivity index (χ2v) is 5.91. The van der Waals surface area contributed by atoms with Gasteiger partial charge in [-0.3, -0.25) is 4.79 Å². The van der Waals surface area contributed by atoms with Gasteiger partial charge in [-0.1, -0.05) is 38.1 Å². The lowest BCUT2D eigenvalue weighted by Crippen LogP contribution is -2.29. The minimum atomic E-state index is -3.23. The van der Waals surface area contributed by atoms with Crippen molar-refractivity contribution in [2.75, 3.05) is 12.8 Å². The monoisotopic (exact) mass is 269 g/mol. The van der Waals surface area contributed by atoms with Crippen LogP contribution in [0.3, 0.4) is 0 Å². The molecule has 1 aromatic carbocycles. The van der Waals surface area contributed by atoms with Gasteiger partial charge < -0.3 is 0 Å². The number of ketones is 1. The number of benzene rings is 1. The van der Waals surface area contributed by atoms with Crippen LogP contribution in [-0.4, -0.2) is 31.3 Å². The first-order chi connectivity index (χ1) is 8.48. The van der Waals surface area contributed by atoms with Crippen LogP contribution in [-0.2, 0) is 16.6 Å². The molecule has 1 aliphatic rings. The second-order valence-electron chi connectivity index (χ2n) is 3.93. The predicted molar refractivity (Wildman–Crippen MR) is 72.0 cm³/mol. The molecule has 0 spiro atoms. The van der Waals surface area contributed by atoms with Crippen LogP contribution in [0.2, 0.25) is 0 Å². The van der Waals surface area contributed by atoms with Gasteiger partial charge in [0.1, 0.15) is 0 Å². The molecule has 0 N–H and O–H groups in total. The molecule has 4 nitrogen and oxygen atoms in total. The van der Waals surface area contributed by atoms with Crippen molar-refractivity contribution in [2.45, 2.75) is 26.8 Å². The van der Waals surface area contributed by atoms with Crippen molar-refractivity contribution in [3.63, 3.8) is 0 Å². The van der Waals surface area contributed by atoms with Crippen LogP contribution in [0.1, 0.15) is 36.2 Å². The molecule has 0 atom stereocenters. The third-order valence-corrected chi connectivity index (χ3v) is 3.97. The van der Waals surface area contributed by atoms with Gasteiger partial charge in [-0.05, 0) is 5.56 Å². The van der Waals surface area contributed by atoms with Crippen LogP contribution in [0.4, 0.5) is 0 Å². The van der Waals surface area contributed by atoms with Crippen molar-refractivity contribution >= 4 is 15.8 Å². The first-order valence-electron chi connectivity index (χ1n) is 6.05. The number of carbonyl (C=O) groups excluding carboxylic acids is 1. The van der Waals surface area contributed by atoms with E-state index in [4.69, 9.17) is 0 Å².